The van der Waals surface area contributed by atoms with Gasteiger partial charge in [0, 0.05) is 32.1 Å². The van der Waals surface area contributed by atoms with E-state index in [1.54, 1.807) is 13.0 Å². The molecule has 0 spiro atoms. The van der Waals surface area contributed by atoms with Crippen molar-refractivity contribution in [2.75, 3.05) is 6.61 Å². The maximum atomic E-state index is 12.1. The van der Waals surface area contributed by atoms with Crippen LogP contribution in [0.5, 0.6) is 0 Å². The molecule has 33 heavy (non-hydrogen) atoms. The number of esters is 3. The second-order valence-electron chi connectivity index (χ2n) is 10.7. The molecule has 0 aromatic carbocycles. The zero-order valence-corrected chi connectivity index (χ0v) is 20.7. The fraction of sp³-hybridized carbons (Fsp3) is 0.731. The lowest BCUT2D eigenvalue weighted by atomic mass is 9.42. The Balaban J connectivity index is 2.12. The van der Waals surface area contributed by atoms with Crippen LogP contribution in [0.2, 0.25) is 0 Å². The zero-order valence-electron chi connectivity index (χ0n) is 20.7. The van der Waals surface area contributed by atoms with E-state index >= 15 is 0 Å². The van der Waals surface area contributed by atoms with Gasteiger partial charge in [-0.15, -0.1) is 0 Å². The second-order valence-corrected chi connectivity index (χ2v) is 10.7. The molecule has 0 heterocycles. The average molecular weight is 463 g/mol. The summed E-state index contributed by atoms with van der Waals surface area (Å²) in [5.41, 5.74) is -1.36. The number of fused-ring (bicyclic) bond motifs is 3. The number of allylic oxidation sites excluding steroid dienone is 1. The lowest BCUT2D eigenvalue weighted by molar-refractivity contribution is -0.234. The lowest BCUT2D eigenvalue weighted by Gasteiger charge is -2.65. The standard InChI is InChI=1S/C26H38O7/c1-8-18-9-10-19-23(26(18,7)30)20(32-16(3)28)13-21-24(19,5)12-11-22(33-17(4)29)25(21,6)14-31-15(2)27/h8-9,19-23,30H,1,10-14H2,2-7H3/t19-,20-,21+,22-,23-,24+,25+,26+/m0/s1. The van der Waals surface area contributed by atoms with Crippen LogP contribution in [0, 0.1) is 28.6 Å². The van der Waals surface area contributed by atoms with Gasteiger partial charge < -0.3 is 19.3 Å². The molecular weight excluding hydrogens is 424 g/mol. The summed E-state index contributed by atoms with van der Waals surface area (Å²) in [6, 6.07) is 0. The van der Waals surface area contributed by atoms with E-state index in [0.29, 0.717) is 12.8 Å². The molecule has 184 valence electrons. The summed E-state index contributed by atoms with van der Waals surface area (Å²) >= 11 is 0. The lowest BCUT2D eigenvalue weighted by Crippen LogP contribution is -2.66. The van der Waals surface area contributed by atoms with Crippen LogP contribution in [0.4, 0.5) is 0 Å². The summed E-state index contributed by atoms with van der Waals surface area (Å²) in [4.78, 5) is 35.8. The summed E-state index contributed by atoms with van der Waals surface area (Å²) in [5, 5.41) is 11.6. The van der Waals surface area contributed by atoms with Gasteiger partial charge in [-0.3, -0.25) is 14.4 Å². The van der Waals surface area contributed by atoms with Crippen LogP contribution in [-0.2, 0) is 28.6 Å². The van der Waals surface area contributed by atoms with Crippen LogP contribution in [0.25, 0.3) is 0 Å². The molecule has 3 aliphatic carbocycles. The van der Waals surface area contributed by atoms with Gasteiger partial charge in [-0.25, -0.2) is 0 Å². The third kappa shape index (κ3) is 4.36. The van der Waals surface area contributed by atoms with Gasteiger partial charge in [0.05, 0.1) is 5.60 Å². The van der Waals surface area contributed by atoms with E-state index in [1.165, 1.54) is 20.8 Å². The summed E-state index contributed by atoms with van der Waals surface area (Å²) in [6.45, 7) is 14.1. The van der Waals surface area contributed by atoms with Crippen molar-refractivity contribution in [3.63, 3.8) is 0 Å². The Kier molecular flexibility index (Phi) is 6.87. The molecule has 0 bridgehead atoms. The number of aliphatic hydroxyl groups is 1. The SMILES string of the molecule is C=CC1=CC[C@H]2[C@@H]([C@@H](OC(C)=O)C[C@@H]3[C@]2(C)CC[C@H](OC(C)=O)[C@]3(C)COC(C)=O)[C@]1(C)O. The molecular formula is C26H38O7. The van der Waals surface area contributed by atoms with Gasteiger partial charge in [-0.1, -0.05) is 32.6 Å². The van der Waals surface area contributed by atoms with Gasteiger partial charge in [0.15, 0.2) is 0 Å². The summed E-state index contributed by atoms with van der Waals surface area (Å²) in [5.74, 6) is -1.51. The predicted molar refractivity (Wildman–Crippen MR) is 122 cm³/mol. The first-order valence-corrected chi connectivity index (χ1v) is 11.8. The highest BCUT2D eigenvalue weighted by Gasteiger charge is 2.66. The number of rotatable bonds is 5. The van der Waals surface area contributed by atoms with Gasteiger partial charge >= 0.3 is 17.9 Å². The molecule has 1 N–H and O–H groups in total. The highest BCUT2D eigenvalue weighted by molar-refractivity contribution is 5.67. The number of carbonyl (C=O) groups is 3. The van der Waals surface area contributed by atoms with E-state index in [4.69, 9.17) is 14.2 Å². The fourth-order valence-corrected chi connectivity index (χ4v) is 7.25. The van der Waals surface area contributed by atoms with Gasteiger partial charge in [0.1, 0.15) is 18.8 Å². The molecule has 0 amide bonds. The topological polar surface area (TPSA) is 99.1 Å². The minimum Gasteiger partial charge on any atom is -0.465 e. The monoisotopic (exact) mass is 462 g/mol. The minimum atomic E-state index is -1.20. The quantitative estimate of drug-likeness (QED) is 0.491. The molecule has 7 heteroatoms. The van der Waals surface area contributed by atoms with Crippen LogP contribution in [0.3, 0.4) is 0 Å². The molecule has 2 saturated carbocycles. The van der Waals surface area contributed by atoms with Gasteiger partial charge in [0.25, 0.3) is 0 Å². The molecule has 2 fully saturated rings. The van der Waals surface area contributed by atoms with Gasteiger partial charge in [-0.05, 0) is 55.4 Å². The molecule has 3 rings (SSSR count). The molecule has 0 aromatic heterocycles. The maximum Gasteiger partial charge on any atom is 0.302 e. The molecule has 0 unspecified atom stereocenters. The first kappa shape index (κ1) is 25.5. The molecule has 0 aromatic rings. The van der Waals surface area contributed by atoms with Gasteiger partial charge in [-0.2, -0.15) is 0 Å². The Bertz CT molecular complexity index is 859. The molecule has 0 radical (unpaired) electrons. The molecule has 0 aliphatic heterocycles. The van der Waals surface area contributed by atoms with Crippen LogP contribution in [0.15, 0.2) is 24.3 Å². The zero-order chi connectivity index (χ0) is 24.8. The smallest absolute Gasteiger partial charge is 0.302 e. The van der Waals surface area contributed by atoms with Crippen molar-refractivity contribution in [2.45, 2.75) is 85.0 Å². The Morgan fingerprint density at radius 2 is 1.76 bits per heavy atom. The van der Waals surface area contributed by atoms with E-state index in [-0.39, 0.29) is 35.7 Å². The van der Waals surface area contributed by atoms with Crippen molar-refractivity contribution in [1.29, 1.82) is 0 Å². The highest BCUT2D eigenvalue weighted by atomic mass is 16.6. The summed E-state index contributed by atoms with van der Waals surface area (Å²) in [7, 11) is 0. The van der Waals surface area contributed by atoms with Gasteiger partial charge in [0.2, 0.25) is 0 Å². The van der Waals surface area contributed by atoms with Crippen molar-refractivity contribution >= 4 is 17.9 Å². The van der Waals surface area contributed by atoms with Crippen molar-refractivity contribution in [1.82, 2.24) is 0 Å². The first-order valence-electron chi connectivity index (χ1n) is 11.8. The number of hydrogen-bond donors (Lipinski definition) is 1. The second kappa shape index (κ2) is 8.90. The molecule has 3 aliphatic rings. The van der Waals surface area contributed by atoms with Crippen molar-refractivity contribution in [3.05, 3.63) is 24.3 Å². The molecule has 7 nitrogen and oxygen atoms in total. The average Bonchev–Trinajstić information content (AvgIpc) is 2.69. The maximum absolute atomic E-state index is 12.1. The highest BCUT2D eigenvalue weighted by Crippen LogP contribution is 2.65. The Hall–Kier alpha value is -2.15. The molecule has 8 atom stereocenters. The van der Waals surface area contributed by atoms with Crippen LogP contribution >= 0.6 is 0 Å². The predicted octanol–water partition coefficient (Wildman–Crippen LogP) is 3.74. The first-order chi connectivity index (χ1) is 15.3. The fourth-order valence-electron chi connectivity index (χ4n) is 7.25. The third-order valence-corrected chi connectivity index (χ3v) is 8.68. The van der Waals surface area contributed by atoms with E-state index in [9.17, 15) is 19.5 Å². The normalized spacial score (nSPS) is 42.2. The summed E-state index contributed by atoms with van der Waals surface area (Å²) in [6.07, 6.45) is 5.37. The Morgan fingerprint density at radius 1 is 1.12 bits per heavy atom. The number of carbonyl (C=O) groups excluding carboxylic acids is 3. The number of hydrogen-bond acceptors (Lipinski definition) is 7. The van der Waals surface area contributed by atoms with Crippen LogP contribution in [0.1, 0.15) is 67.2 Å². The van der Waals surface area contributed by atoms with Crippen molar-refractivity contribution < 1.29 is 33.7 Å². The van der Waals surface area contributed by atoms with E-state index in [0.717, 1.165) is 18.4 Å². The Labute approximate surface area is 196 Å². The molecule has 0 saturated heterocycles. The Morgan fingerprint density at radius 3 is 2.30 bits per heavy atom. The van der Waals surface area contributed by atoms with Crippen molar-refractivity contribution in [2.24, 2.45) is 28.6 Å². The van der Waals surface area contributed by atoms with Crippen molar-refractivity contribution in [3.8, 4) is 0 Å². The van der Waals surface area contributed by atoms with E-state index in [2.05, 4.69) is 13.5 Å². The third-order valence-electron chi connectivity index (χ3n) is 8.68. The number of ether oxygens (including phenoxy) is 3. The minimum absolute atomic E-state index is 0.0224. The largest absolute Gasteiger partial charge is 0.465 e. The summed E-state index contributed by atoms with van der Waals surface area (Å²) < 4.78 is 17.1. The van der Waals surface area contributed by atoms with E-state index < -0.39 is 35.2 Å². The van der Waals surface area contributed by atoms with Crippen LogP contribution < -0.4 is 0 Å². The van der Waals surface area contributed by atoms with E-state index in [1.807, 2.05) is 13.0 Å². The van der Waals surface area contributed by atoms with Crippen LogP contribution in [-0.4, -0.2) is 47.4 Å².